The summed E-state index contributed by atoms with van der Waals surface area (Å²) in [4.78, 5) is 11.9. The fourth-order valence-corrected chi connectivity index (χ4v) is 1.52. The molecule has 92 valence electrons. The number of nitrogens with zero attached hydrogens (tertiary/aromatic N) is 1. The largest absolute Gasteiger partial charge is 0.395 e. The molecule has 0 aromatic carbocycles. The zero-order valence-corrected chi connectivity index (χ0v) is 10.2. The van der Waals surface area contributed by atoms with E-state index in [1.807, 2.05) is 13.8 Å². The van der Waals surface area contributed by atoms with Gasteiger partial charge < -0.3 is 11.1 Å². The van der Waals surface area contributed by atoms with Crippen LogP contribution in [0.5, 0.6) is 0 Å². The highest BCUT2D eigenvalue weighted by Crippen LogP contribution is 2.14. The zero-order valence-electron chi connectivity index (χ0n) is 10.2. The van der Waals surface area contributed by atoms with Crippen molar-refractivity contribution in [3.8, 4) is 12.3 Å². The van der Waals surface area contributed by atoms with E-state index >= 15 is 0 Å². The second-order valence-electron chi connectivity index (χ2n) is 3.80. The van der Waals surface area contributed by atoms with Gasteiger partial charge >= 0.3 is 0 Å². The predicted molar refractivity (Wildman–Crippen MR) is 67.4 cm³/mol. The summed E-state index contributed by atoms with van der Waals surface area (Å²) in [5.41, 5.74) is 7.25. The Hall–Kier alpha value is -1.96. The van der Waals surface area contributed by atoms with Crippen LogP contribution in [-0.4, -0.2) is 22.1 Å². The Kier molecular flexibility index (Phi) is 4.58. The summed E-state index contributed by atoms with van der Waals surface area (Å²) in [5, 5.41) is 9.49. The zero-order chi connectivity index (χ0) is 12.8. The summed E-state index contributed by atoms with van der Waals surface area (Å²) in [6.45, 7) is 3.91. The molecular weight excluding hydrogens is 216 g/mol. The Morgan fingerprint density at radius 2 is 2.35 bits per heavy atom. The number of nitrogens with one attached hydrogen (secondary N) is 2. The minimum absolute atomic E-state index is 0.0336. The summed E-state index contributed by atoms with van der Waals surface area (Å²) < 4.78 is 0. The van der Waals surface area contributed by atoms with Gasteiger partial charge in [-0.05, 0) is 12.8 Å². The van der Waals surface area contributed by atoms with Gasteiger partial charge in [0.25, 0.3) is 5.91 Å². The van der Waals surface area contributed by atoms with Crippen molar-refractivity contribution < 1.29 is 4.79 Å². The normalized spacial score (nSPS) is 11.8. The number of aromatic amines is 1. The van der Waals surface area contributed by atoms with Crippen LogP contribution in [0.1, 0.15) is 42.9 Å². The molecule has 1 unspecified atom stereocenters. The minimum atomic E-state index is -0.277. The van der Waals surface area contributed by atoms with E-state index < -0.39 is 0 Å². The van der Waals surface area contributed by atoms with Gasteiger partial charge in [-0.25, -0.2) is 0 Å². The lowest BCUT2D eigenvalue weighted by Crippen LogP contribution is -2.34. The third-order valence-electron chi connectivity index (χ3n) is 2.64. The molecule has 0 saturated carbocycles. The first-order chi connectivity index (χ1) is 8.13. The highest BCUT2D eigenvalue weighted by Gasteiger charge is 2.18. The maximum Gasteiger partial charge on any atom is 0.274 e. The average Bonchev–Trinajstić information content (AvgIpc) is 2.69. The van der Waals surface area contributed by atoms with Gasteiger partial charge in [0, 0.05) is 12.5 Å². The Morgan fingerprint density at radius 1 is 1.65 bits per heavy atom. The van der Waals surface area contributed by atoms with Crippen LogP contribution in [0.4, 0.5) is 5.69 Å². The molecule has 1 aromatic heterocycles. The smallest absolute Gasteiger partial charge is 0.274 e. The van der Waals surface area contributed by atoms with Crippen molar-refractivity contribution in [1.82, 2.24) is 15.5 Å². The van der Waals surface area contributed by atoms with Crippen molar-refractivity contribution in [2.24, 2.45) is 0 Å². The number of carbonyl (C=O) groups excluding carboxylic acids is 1. The van der Waals surface area contributed by atoms with Crippen molar-refractivity contribution in [3.05, 3.63) is 11.4 Å². The molecule has 1 rings (SSSR count). The first kappa shape index (κ1) is 13.1. The molecule has 0 saturated heterocycles. The third kappa shape index (κ3) is 3.00. The molecule has 0 fully saturated rings. The van der Waals surface area contributed by atoms with E-state index in [2.05, 4.69) is 21.4 Å². The Bertz CT molecular complexity index is 430. The van der Waals surface area contributed by atoms with Crippen molar-refractivity contribution in [3.63, 3.8) is 0 Å². The van der Waals surface area contributed by atoms with Gasteiger partial charge in [-0.3, -0.25) is 9.89 Å². The van der Waals surface area contributed by atoms with Crippen LogP contribution in [0.25, 0.3) is 0 Å². The van der Waals surface area contributed by atoms with Gasteiger partial charge in [0.1, 0.15) is 0 Å². The number of aryl methyl sites for hydroxylation is 1. The monoisotopic (exact) mass is 234 g/mol. The molecule has 0 aliphatic heterocycles. The lowest BCUT2D eigenvalue weighted by molar-refractivity contribution is 0.0932. The lowest BCUT2D eigenvalue weighted by atomic mass is 10.1. The Balaban J connectivity index is 2.76. The van der Waals surface area contributed by atoms with Gasteiger partial charge in [0.2, 0.25) is 0 Å². The van der Waals surface area contributed by atoms with Crippen LogP contribution < -0.4 is 11.1 Å². The van der Waals surface area contributed by atoms with Crippen LogP contribution >= 0.6 is 0 Å². The van der Waals surface area contributed by atoms with Gasteiger partial charge in [-0.15, -0.1) is 12.3 Å². The fraction of sp³-hybridized carbons (Fsp3) is 0.500. The number of H-pyrrole nitrogens is 1. The van der Waals surface area contributed by atoms with Crippen molar-refractivity contribution in [2.75, 3.05) is 5.73 Å². The molecule has 17 heavy (non-hydrogen) atoms. The molecule has 0 spiro atoms. The van der Waals surface area contributed by atoms with Crippen LogP contribution in [-0.2, 0) is 6.42 Å². The van der Waals surface area contributed by atoms with Crippen LogP contribution in [0.2, 0.25) is 0 Å². The highest BCUT2D eigenvalue weighted by molar-refractivity contribution is 5.97. The highest BCUT2D eigenvalue weighted by atomic mass is 16.2. The molecule has 5 heteroatoms. The number of terminal acetylenes is 1. The summed E-state index contributed by atoms with van der Waals surface area (Å²) >= 11 is 0. The summed E-state index contributed by atoms with van der Waals surface area (Å²) in [7, 11) is 0. The lowest BCUT2D eigenvalue weighted by Gasteiger charge is -2.13. The van der Waals surface area contributed by atoms with Crippen LogP contribution in [0.3, 0.4) is 0 Å². The van der Waals surface area contributed by atoms with Crippen LogP contribution in [0, 0.1) is 12.3 Å². The maximum atomic E-state index is 11.9. The number of amides is 1. The molecule has 4 N–H and O–H groups in total. The molecule has 0 radical (unpaired) electrons. The minimum Gasteiger partial charge on any atom is -0.395 e. The van der Waals surface area contributed by atoms with Crippen molar-refractivity contribution in [2.45, 2.75) is 39.2 Å². The molecule has 0 aliphatic carbocycles. The number of nitrogens with two attached hydrogens (primary N) is 1. The van der Waals surface area contributed by atoms with Crippen molar-refractivity contribution >= 4 is 11.6 Å². The number of anilines is 1. The molecule has 0 bridgehead atoms. The summed E-state index contributed by atoms with van der Waals surface area (Å²) in [6, 6.07) is -0.0336. The van der Waals surface area contributed by atoms with E-state index in [4.69, 9.17) is 12.2 Å². The summed E-state index contributed by atoms with van der Waals surface area (Å²) in [5.74, 6) is 2.26. The van der Waals surface area contributed by atoms with E-state index in [-0.39, 0.29) is 17.6 Å². The average molecular weight is 234 g/mol. The van der Waals surface area contributed by atoms with E-state index in [9.17, 15) is 4.79 Å². The molecule has 0 aliphatic rings. The topological polar surface area (TPSA) is 83.8 Å². The second-order valence-corrected chi connectivity index (χ2v) is 3.80. The molecule has 1 heterocycles. The quantitative estimate of drug-likeness (QED) is 0.667. The van der Waals surface area contributed by atoms with E-state index in [0.717, 1.165) is 12.1 Å². The first-order valence-electron chi connectivity index (χ1n) is 5.71. The van der Waals surface area contributed by atoms with Crippen molar-refractivity contribution in [1.29, 1.82) is 0 Å². The van der Waals surface area contributed by atoms with Crippen LogP contribution in [0.15, 0.2) is 0 Å². The van der Waals surface area contributed by atoms with Gasteiger partial charge in [-0.1, -0.05) is 13.8 Å². The fourth-order valence-electron chi connectivity index (χ4n) is 1.52. The number of aromatic nitrogens is 2. The molecule has 1 atom stereocenters. The Morgan fingerprint density at radius 3 is 2.82 bits per heavy atom. The number of nitrogen functional groups attached to an aromatic ring is 1. The number of rotatable bonds is 5. The van der Waals surface area contributed by atoms with Gasteiger partial charge in [-0.2, -0.15) is 5.10 Å². The van der Waals surface area contributed by atoms with E-state index in [1.165, 1.54) is 0 Å². The maximum absolute atomic E-state index is 11.9. The van der Waals surface area contributed by atoms with Gasteiger partial charge in [0.05, 0.1) is 11.4 Å². The molecule has 1 amide bonds. The van der Waals surface area contributed by atoms with Gasteiger partial charge in [0.15, 0.2) is 5.69 Å². The summed E-state index contributed by atoms with van der Waals surface area (Å²) in [6.07, 6.45) is 7.23. The standard InChI is InChI=1S/C12H18N4O/c1-4-7-8(5-2)14-12(17)11-10(13)9(6-3)15-16-11/h1,8H,5-7,13H2,2-3H3,(H,14,17)(H,15,16). The second kappa shape index (κ2) is 5.94. The number of hydrogen-bond donors (Lipinski definition) is 3. The number of hydrogen-bond acceptors (Lipinski definition) is 3. The molecular formula is C12H18N4O. The molecule has 5 nitrogen and oxygen atoms in total. The predicted octanol–water partition coefficient (Wildman–Crippen LogP) is 1.09. The first-order valence-corrected chi connectivity index (χ1v) is 5.71. The third-order valence-corrected chi connectivity index (χ3v) is 2.64. The van der Waals surface area contributed by atoms with E-state index in [1.54, 1.807) is 0 Å². The Labute approximate surface area is 101 Å². The van der Waals surface area contributed by atoms with E-state index in [0.29, 0.717) is 18.5 Å². The SMILES string of the molecule is C#CCC(CC)NC(=O)c1n[nH]c(CC)c1N. The number of carbonyl (C=O) groups is 1. The molecule has 1 aromatic rings.